The molecule has 0 aromatic heterocycles. The number of methoxy groups -OCH3 is 1. The van der Waals surface area contributed by atoms with E-state index >= 15 is 0 Å². The molecule has 168 valence electrons. The van der Waals surface area contributed by atoms with E-state index in [4.69, 9.17) is 14.5 Å². The fourth-order valence-electron chi connectivity index (χ4n) is 3.38. The Morgan fingerprint density at radius 3 is 2.00 bits per heavy atom. The van der Waals surface area contributed by atoms with Crippen LogP contribution in [0.3, 0.4) is 0 Å². The molecule has 0 saturated heterocycles. The first-order valence-electron chi connectivity index (χ1n) is 10.7. The van der Waals surface area contributed by atoms with Gasteiger partial charge in [-0.15, -0.1) is 0 Å². The van der Waals surface area contributed by atoms with Crippen molar-refractivity contribution in [2.75, 3.05) is 7.11 Å². The van der Waals surface area contributed by atoms with Crippen molar-refractivity contribution in [1.82, 2.24) is 0 Å². The number of esters is 2. The maximum Gasteiger partial charge on any atom is 0.331 e. The lowest BCUT2D eigenvalue weighted by Crippen LogP contribution is -2.39. The summed E-state index contributed by atoms with van der Waals surface area (Å²) in [7, 11) is 1.37. The molecule has 0 spiro atoms. The van der Waals surface area contributed by atoms with Crippen LogP contribution in [0, 0.1) is 17.3 Å². The van der Waals surface area contributed by atoms with E-state index in [-0.39, 0.29) is 29.6 Å². The topological polar surface area (TPSA) is 65.0 Å². The van der Waals surface area contributed by atoms with Crippen molar-refractivity contribution in [3.63, 3.8) is 0 Å². The minimum absolute atomic E-state index is 0.119. The lowest BCUT2D eigenvalue weighted by atomic mass is 9.83. The Morgan fingerprint density at radius 1 is 1.00 bits per heavy atom. The molecule has 0 saturated carbocycles. The van der Waals surface area contributed by atoms with Gasteiger partial charge in [0.25, 0.3) is 0 Å². The van der Waals surface area contributed by atoms with E-state index in [1.54, 1.807) is 0 Å². The molecular weight excluding hydrogens is 378 g/mol. The zero-order valence-electron chi connectivity index (χ0n) is 20.1. The number of carbonyl (C=O) groups excluding carboxylic acids is 2. The molecule has 1 aromatic rings. The highest BCUT2D eigenvalue weighted by atomic mass is 16.6. The van der Waals surface area contributed by atoms with E-state index in [1.165, 1.54) is 7.11 Å². The largest absolute Gasteiger partial charge is 0.469 e. The Labute approximate surface area is 182 Å². The summed E-state index contributed by atoms with van der Waals surface area (Å²) in [6, 6.07) is 9.06. The van der Waals surface area contributed by atoms with Gasteiger partial charge in [-0.05, 0) is 38.7 Å². The van der Waals surface area contributed by atoms with E-state index in [0.29, 0.717) is 6.42 Å². The van der Waals surface area contributed by atoms with Crippen LogP contribution in [-0.2, 0) is 19.1 Å². The van der Waals surface area contributed by atoms with Crippen LogP contribution in [0.4, 0.5) is 0 Å². The van der Waals surface area contributed by atoms with Crippen LogP contribution >= 0.6 is 0 Å². The van der Waals surface area contributed by atoms with E-state index in [1.807, 2.05) is 51.1 Å². The lowest BCUT2D eigenvalue weighted by molar-refractivity contribution is -0.158. The third-order valence-electron chi connectivity index (χ3n) is 4.55. The van der Waals surface area contributed by atoms with Gasteiger partial charge in [0.05, 0.1) is 13.5 Å². The summed E-state index contributed by atoms with van der Waals surface area (Å²) < 4.78 is 10.6. The zero-order chi connectivity index (χ0) is 23.1. The second kappa shape index (κ2) is 10.7. The van der Waals surface area contributed by atoms with Gasteiger partial charge in [-0.1, -0.05) is 65.0 Å². The fraction of sp³-hybridized carbons (Fsp3) is 0.640. The number of nitrogens with zero attached hydrogens (tertiary/aromatic N) is 1. The number of ether oxygens (including phenoxy) is 2. The fourth-order valence-corrected chi connectivity index (χ4v) is 3.38. The summed E-state index contributed by atoms with van der Waals surface area (Å²) in [5.74, 6) is -0.779. The number of hydrogen-bond donors (Lipinski definition) is 0. The van der Waals surface area contributed by atoms with Gasteiger partial charge in [0.15, 0.2) is 6.04 Å². The number of aliphatic imine (C=N–C) groups is 1. The molecule has 1 aromatic carbocycles. The molecule has 0 radical (unpaired) electrons. The van der Waals surface area contributed by atoms with E-state index in [9.17, 15) is 9.59 Å². The molecule has 5 heteroatoms. The van der Waals surface area contributed by atoms with Crippen molar-refractivity contribution in [3.05, 3.63) is 35.9 Å². The quantitative estimate of drug-likeness (QED) is 0.416. The Bertz CT molecular complexity index is 724. The molecule has 1 rings (SSSR count). The van der Waals surface area contributed by atoms with Crippen LogP contribution in [0.1, 0.15) is 73.8 Å². The number of rotatable bonds is 8. The van der Waals surface area contributed by atoms with Crippen molar-refractivity contribution < 1.29 is 19.1 Å². The van der Waals surface area contributed by atoms with Crippen molar-refractivity contribution >= 4 is 17.7 Å². The first kappa shape index (κ1) is 25.9. The standard InChI is InChI=1S/C25H39NO4/c1-17(2)15-19(16-20(27)29-9)21(23(28)30-25(6,7)8)26-22(24(3,4)5)18-13-11-10-12-14-18/h10-14,17,19,21H,15-16H2,1-9H3/t19-,21-/m1/s1. The SMILES string of the molecule is COC(=O)C[C@@H](CC(C)C)[C@@H](N=C(c1ccccc1)C(C)(C)C)C(=O)OC(C)(C)C. The second-order valence-electron chi connectivity index (χ2n) is 10.2. The van der Waals surface area contributed by atoms with Gasteiger partial charge in [0, 0.05) is 17.0 Å². The third kappa shape index (κ3) is 8.68. The van der Waals surface area contributed by atoms with Crippen molar-refractivity contribution in [3.8, 4) is 0 Å². The summed E-state index contributed by atoms with van der Waals surface area (Å²) in [6.45, 7) is 15.9. The summed E-state index contributed by atoms with van der Waals surface area (Å²) in [6.07, 6.45) is 0.781. The van der Waals surface area contributed by atoms with Gasteiger partial charge >= 0.3 is 11.9 Å². The molecular formula is C25H39NO4. The van der Waals surface area contributed by atoms with Crippen LogP contribution in [0.2, 0.25) is 0 Å². The molecule has 30 heavy (non-hydrogen) atoms. The van der Waals surface area contributed by atoms with Gasteiger partial charge < -0.3 is 9.47 Å². The van der Waals surface area contributed by atoms with E-state index in [0.717, 1.165) is 11.3 Å². The van der Waals surface area contributed by atoms with Crippen molar-refractivity contribution in [1.29, 1.82) is 0 Å². The second-order valence-corrected chi connectivity index (χ2v) is 10.2. The number of benzene rings is 1. The molecule has 0 aliphatic carbocycles. The summed E-state index contributed by atoms with van der Waals surface area (Å²) in [5.41, 5.74) is 0.833. The third-order valence-corrected chi connectivity index (χ3v) is 4.55. The normalized spacial score (nSPS) is 14.9. The van der Waals surface area contributed by atoms with Crippen LogP contribution in [-0.4, -0.2) is 36.4 Å². The van der Waals surface area contributed by atoms with Gasteiger partial charge in [-0.2, -0.15) is 0 Å². The lowest BCUT2D eigenvalue weighted by Gasteiger charge is -2.30. The Hall–Kier alpha value is -2.17. The highest BCUT2D eigenvalue weighted by molar-refractivity contribution is 6.05. The first-order chi connectivity index (χ1) is 13.7. The summed E-state index contributed by atoms with van der Waals surface area (Å²) in [4.78, 5) is 30.4. The predicted octanol–water partition coefficient (Wildman–Crippen LogP) is 5.46. The average Bonchev–Trinajstić information content (AvgIpc) is 2.59. The Kier molecular flexibility index (Phi) is 9.26. The van der Waals surface area contributed by atoms with E-state index < -0.39 is 17.6 Å². The smallest absolute Gasteiger partial charge is 0.331 e. The molecule has 2 atom stereocenters. The minimum Gasteiger partial charge on any atom is -0.469 e. The molecule has 0 bridgehead atoms. The van der Waals surface area contributed by atoms with Crippen LogP contribution in [0.25, 0.3) is 0 Å². The first-order valence-corrected chi connectivity index (χ1v) is 10.7. The molecule has 0 aliphatic heterocycles. The zero-order valence-corrected chi connectivity index (χ0v) is 20.1. The highest BCUT2D eigenvalue weighted by Crippen LogP contribution is 2.29. The van der Waals surface area contributed by atoms with Gasteiger partial charge in [0.1, 0.15) is 5.60 Å². The molecule has 0 aliphatic rings. The maximum atomic E-state index is 13.3. The predicted molar refractivity (Wildman–Crippen MR) is 122 cm³/mol. The molecule has 0 fully saturated rings. The molecule has 0 N–H and O–H groups in total. The monoisotopic (exact) mass is 417 g/mol. The van der Waals surface area contributed by atoms with Gasteiger partial charge in [-0.3, -0.25) is 9.79 Å². The average molecular weight is 418 g/mol. The molecule has 5 nitrogen and oxygen atoms in total. The van der Waals surface area contributed by atoms with Crippen LogP contribution < -0.4 is 0 Å². The number of carbonyl (C=O) groups is 2. The van der Waals surface area contributed by atoms with Crippen molar-refractivity contribution in [2.24, 2.45) is 22.2 Å². The molecule has 0 amide bonds. The highest BCUT2D eigenvalue weighted by Gasteiger charge is 2.36. The Balaban J connectivity index is 3.57. The number of hydrogen-bond acceptors (Lipinski definition) is 5. The molecule has 0 heterocycles. The van der Waals surface area contributed by atoms with Gasteiger partial charge in [0.2, 0.25) is 0 Å². The summed E-state index contributed by atoms with van der Waals surface area (Å²) >= 11 is 0. The van der Waals surface area contributed by atoms with Crippen LogP contribution in [0.5, 0.6) is 0 Å². The van der Waals surface area contributed by atoms with Crippen LogP contribution in [0.15, 0.2) is 35.3 Å². The van der Waals surface area contributed by atoms with E-state index in [2.05, 4.69) is 34.6 Å². The minimum atomic E-state index is -0.792. The molecule has 0 unspecified atom stereocenters. The maximum absolute atomic E-state index is 13.3. The van der Waals surface area contributed by atoms with Crippen molar-refractivity contribution in [2.45, 2.75) is 79.9 Å². The summed E-state index contributed by atoms with van der Waals surface area (Å²) in [5, 5.41) is 0. The van der Waals surface area contributed by atoms with Gasteiger partial charge in [-0.25, -0.2) is 4.79 Å². The Morgan fingerprint density at radius 2 is 1.57 bits per heavy atom.